The zero-order valence-corrected chi connectivity index (χ0v) is 35.6. The van der Waals surface area contributed by atoms with Gasteiger partial charge in [-0.3, -0.25) is 14.4 Å². The van der Waals surface area contributed by atoms with Crippen molar-refractivity contribution in [3.63, 3.8) is 0 Å². The number of esters is 3. The Morgan fingerprint density at radius 3 is 1.36 bits per heavy atom. The highest BCUT2D eigenvalue weighted by Gasteiger charge is 2.19. The molecule has 0 aliphatic heterocycles. The molecule has 0 heterocycles. The number of carbonyl (C=O) groups is 3. The molecule has 0 aliphatic rings. The Labute approximate surface area is 342 Å². The summed E-state index contributed by atoms with van der Waals surface area (Å²) < 4.78 is 16.6. The minimum Gasteiger partial charge on any atom is -0.462 e. The van der Waals surface area contributed by atoms with Crippen molar-refractivity contribution in [3.05, 3.63) is 109 Å². The van der Waals surface area contributed by atoms with E-state index in [4.69, 9.17) is 14.2 Å². The number of rotatable bonds is 37. The molecule has 0 aromatic heterocycles. The fourth-order valence-corrected chi connectivity index (χ4v) is 5.35. The smallest absolute Gasteiger partial charge is 0.306 e. The van der Waals surface area contributed by atoms with Crippen molar-refractivity contribution in [2.24, 2.45) is 0 Å². The molecule has 0 fully saturated rings. The van der Waals surface area contributed by atoms with Gasteiger partial charge in [0.1, 0.15) is 13.2 Å². The third kappa shape index (κ3) is 41.2. The topological polar surface area (TPSA) is 78.9 Å². The predicted octanol–water partition coefficient (Wildman–Crippen LogP) is 14.0. The average molecular weight is 775 g/mol. The zero-order chi connectivity index (χ0) is 40.8. The van der Waals surface area contributed by atoms with Gasteiger partial charge in [-0.05, 0) is 83.5 Å². The summed E-state index contributed by atoms with van der Waals surface area (Å²) in [4.78, 5) is 37.7. The number of ether oxygens (including phenoxy) is 3. The number of hydrogen-bond donors (Lipinski definition) is 0. The van der Waals surface area contributed by atoms with Crippen molar-refractivity contribution in [1.82, 2.24) is 0 Å². The summed E-state index contributed by atoms with van der Waals surface area (Å²) in [5, 5.41) is 0. The van der Waals surface area contributed by atoms with E-state index in [1.807, 2.05) is 54.7 Å². The molecule has 0 saturated carbocycles. The Morgan fingerprint density at radius 1 is 0.393 bits per heavy atom. The largest absolute Gasteiger partial charge is 0.462 e. The van der Waals surface area contributed by atoms with Crippen molar-refractivity contribution >= 4 is 17.9 Å². The van der Waals surface area contributed by atoms with Crippen LogP contribution in [0.25, 0.3) is 0 Å². The van der Waals surface area contributed by atoms with Crippen LogP contribution in [0.1, 0.15) is 168 Å². The molecule has 0 radical (unpaired) electrons. The van der Waals surface area contributed by atoms with E-state index in [1.165, 1.54) is 25.7 Å². The van der Waals surface area contributed by atoms with Gasteiger partial charge in [-0.1, -0.05) is 175 Å². The first-order valence-electron chi connectivity index (χ1n) is 22.0. The fourth-order valence-electron chi connectivity index (χ4n) is 5.35. The molecule has 0 spiro atoms. The quantitative estimate of drug-likeness (QED) is 0.0206. The van der Waals surface area contributed by atoms with Gasteiger partial charge in [-0.2, -0.15) is 0 Å². The molecule has 56 heavy (non-hydrogen) atoms. The first-order chi connectivity index (χ1) is 27.5. The van der Waals surface area contributed by atoms with Gasteiger partial charge < -0.3 is 14.2 Å². The number of allylic oxidation sites excluding steroid dienone is 18. The lowest BCUT2D eigenvalue weighted by Crippen LogP contribution is -2.30. The molecular weight excluding hydrogens is 697 g/mol. The van der Waals surface area contributed by atoms with Crippen LogP contribution in [-0.2, 0) is 28.6 Å². The number of hydrogen-bond acceptors (Lipinski definition) is 6. The summed E-state index contributed by atoms with van der Waals surface area (Å²) in [7, 11) is 0. The van der Waals surface area contributed by atoms with E-state index in [1.54, 1.807) is 0 Å². The summed E-state index contributed by atoms with van der Waals surface area (Å²) in [5.74, 6) is -1.04. The third-order valence-electron chi connectivity index (χ3n) is 8.62. The second kappa shape index (κ2) is 43.8. The molecular formula is C50H78O6. The fraction of sp³-hybridized carbons (Fsp3) is 0.580. The molecule has 0 bridgehead atoms. The standard InChI is InChI=1S/C50H78O6/c1-4-7-10-13-16-19-22-24-26-28-31-34-37-40-43-49(52)55-46-47(45-54-48(51)42-39-36-33-30-27-21-18-15-12-9-6-3)56-50(53)44-41-38-35-32-29-25-23-20-17-14-11-8-5-2/h7-8,10-11,14-20,23-26,29,32,35,47H,4-6,9,12-13,21-22,27-28,30-31,33-34,36-46H2,1-3H3/b10-7-,11-8-,17-14-,18-15-,19-16-,23-20-,26-24-,29-25-,35-32-. The molecule has 6 nitrogen and oxygen atoms in total. The molecule has 1 unspecified atom stereocenters. The van der Waals surface area contributed by atoms with Crippen molar-refractivity contribution in [2.45, 2.75) is 175 Å². The lowest BCUT2D eigenvalue weighted by atomic mass is 10.1. The van der Waals surface area contributed by atoms with Crippen LogP contribution in [0.2, 0.25) is 0 Å². The van der Waals surface area contributed by atoms with Crippen LogP contribution in [0.5, 0.6) is 0 Å². The van der Waals surface area contributed by atoms with Crippen LogP contribution in [0.15, 0.2) is 109 Å². The molecule has 0 aliphatic carbocycles. The molecule has 6 heteroatoms. The van der Waals surface area contributed by atoms with Crippen LogP contribution in [0, 0.1) is 0 Å². The average Bonchev–Trinajstić information content (AvgIpc) is 3.19. The maximum atomic E-state index is 12.7. The van der Waals surface area contributed by atoms with Gasteiger partial charge in [0.25, 0.3) is 0 Å². The van der Waals surface area contributed by atoms with Crippen LogP contribution in [-0.4, -0.2) is 37.2 Å². The Kier molecular flexibility index (Phi) is 40.7. The minimum absolute atomic E-state index is 0.121. The van der Waals surface area contributed by atoms with Gasteiger partial charge in [0.05, 0.1) is 0 Å². The van der Waals surface area contributed by atoms with Crippen molar-refractivity contribution in [3.8, 4) is 0 Å². The molecule has 1 atom stereocenters. The Balaban J connectivity index is 4.58. The number of unbranched alkanes of at least 4 members (excludes halogenated alkanes) is 12. The summed E-state index contributed by atoms with van der Waals surface area (Å²) >= 11 is 0. The predicted molar refractivity (Wildman–Crippen MR) is 237 cm³/mol. The summed E-state index contributed by atoms with van der Waals surface area (Å²) in [6, 6.07) is 0. The summed E-state index contributed by atoms with van der Waals surface area (Å²) in [6.45, 7) is 6.21. The molecule has 0 amide bonds. The van der Waals surface area contributed by atoms with Gasteiger partial charge in [0.15, 0.2) is 6.10 Å². The van der Waals surface area contributed by atoms with Gasteiger partial charge in [0, 0.05) is 19.3 Å². The first-order valence-corrected chi connectivity index (χ1v) is 22.0. The van der Waals surface area contributed by atoms with Gasteiger partial charge in [0.2, 0.25) is 0 Å². The van der Waals surface area contributed by atoms with E-state index in [0.717, 1.165) is 96.3 Å². The van der Waals surface area contributed by atoms with E-state index >= 15 is 0 Å². The van der Waals surface area contributed by atoms with Gasteiger partial charge in [-0.15, -0.1) is 0 Å². The first kappa shape index (κ1) is 52.1. The molecule has 314 valence electrons. The van der Waals surface area contributed by atoms with E-state index < -0.39 is 12.1 Å². The normalized spacial score (nSPS) is 13.1. The second-order valence-electron chi connectivity index (χ2n) is 14.0. The molecule has 0 saturated heterocycles. The third-order valence-corrected chi connectivity index (χ3v) is 8.62. The Bertz CT molecular complexity index is 1210. The maximum absolute atomic E-state index is 12.7. The Hall–Kier alpha value is -3.93. The molecule has 0 rings (SSSR count). The van der Waals surface area contributed by atoms with Crippen molar-refractivity contribution in [1.29, 1.82) is 0 Å². The minimum atomic E-state index is -0.827. The second-order valence-corrected chi connectivity index (χ2v) is 14.0. The highest BCUT2D eigenvalue weighted by Crippen LogP contribution is 2.11. The SMILES string of the molecule is CC\C=C/C=C\C=C/C=C\C=C/CCCC(=O)OC(COC(=O)CCCCCC/C=C\C/C=C\C/C=C\CC)COC(=O)CCCCCCC/C=C\CCCC. The van der Waals surface area contributed by atoms with Crippen molar-refractivity contribution in [2.75, 3.05) is 13.2 Å². The Morgan fingerprint density at radius 2 is 0.804 bits per heavy atom. The van der Waals surface area contributed by atoms with E-state index in [-0.39, 0.29) is 31.6 Å². The van der Waals surface area contributed by atoms with E-state index in [9.17, 15) is 14.4 Å². The van der Waals surface area contributed by atoms with E-state index in [2.05, 4.69) is 75.5 Å². The molecule has 0 aromatic rings. The highest BCUT2D eigenvalue weighted by molar-refractivity contribution is 5.71. The molecule has 0 N–H and O–H groups in total. The van der Waals surface area contributed by atoms with Gasteiger partial charge in [-0.25, -0.2) is 0 Å². The summed E-state index contributed by atoms with van der Waals surface area (Å²) in [5.41, 5.74) is 0. The lowest BCUT2D eigenvalue weighted by molar-refractivity contribution is -0.167. The van der Waals surface area contributed by atoms with E-state index in [0.29, 0.717) is 19.3 Å². The van der Waals surface area contributed by atoms with Crippen molar-refractivity contribution < 1.29 is 28.6 Å². The summed E-state index contributed by atoms with van der Waals surface area (Å²) in [6.07, 6.45) is 57.9. The highest BCUT2D eigenvalue weighted by atomic mass is 16.6. The van der Waals surface area contributed by atoms with Crippen LogP contribution in [0.4, 0.5) is 0 Å². The van der Waals surface area contributed by atoms with Crippen LogP contribution >= 0.6 is 0 Å². The van der Waals surface area contributed by atoms with Gasteiger partial charge >= 0.3 is 17.9 Å². The lowest BCUT2D eigenvalue weighted by Gasteiger charge is -2.18. The maximum Gasteiger partial charge on any atom is 0.306 e. The number of carbonyl (C=O) groups excluding carboxylic acids is 3. The zero-order valence-electron chi connectivity index (χ0n) is 35.6. The monoisotopic (exact) mass is 775 g/mol. The van der Waals surface area contributed by atoms with Crippen LogP contribution in [0.3, 0.4) is 0 Å². The van der Waals surface area contributed by atoms with Crippen LogP contribution < -0.4 is 0 Å². The molecule has 0 aromatic carbocycles.